The zero-order chi connectivity index (χ0) is 13.9. The Kier molecular flexibility index (Phi) is 3.43. The van der Waals surface area contributed by atoms with Crippen molar-refractivity contribution in [3.05, 3.63) is 60.7 Å². The Labute approximate surface area is 120 Å². The van der Waals surface area contributed by atoms with E-state index in [4.69, 9.17) is 0 Å². The van der Waals surface area contributed by atoms with Crippen molar-refractivity contribution in [3.63, 3.8) is 0 Å². The molecule has 0 saturated carbocycles. The molecule has 3 aromatic rings. The van der Waals surface area contributed by atoms with Crippen molar-refractivity contribution in [2.75, 3.05) is 7.05 Å². The van der Waals surface area contributed by atoms with E-state index in [0.717, 1.165) is 15.3 Å². The number of nitrogens with zero attached hydrogens (tertiary/aromatic N) is 2. The summed E-state index contributed by atoms with van der Waals surface area (Å²) in [6.45, 7) is 0. The monoisotopic (exact) mass is 283 g/mol. The van der Waals surface area contributed by atoms with Crippen molar-refractivity contribution in [2.45, 2.75) is 9.79 Å². The van der Waals surface area contributed by atoms with Crippen LogP contribution >= 0.6 is 11.8 Å². The number of hydrogen-bond donors (Lipinski definition) is 1. The number of pyridine rings is 1. The summed E-state index contributed by atoms with van der Waals surface area (Å²) in [5.41, 5.74) is 1.74. The lowest BCUT2D eigenvalue weighted by Crippen LogP contribution is -2.18. The number of rotatable bonds is 3. The quantitative estimate of drug-likeness (QED) is 0.804. The summed E-state index contributed by atoms with van der Waals surface area (Å²) in [5, 5.41) is 2.67. The van der Waals surface area contributed by atoms with Crippen LogP contribution < -0.4 is 5.32 Å². The molecule has 1 amide bonds. The number of amides is 1. The van der Waals surface area contributed by atoms with E-state index in [2.05, 4.69) is 10.3 Å². The first-order valence-electron chi connectivity index (χ1n) is 6.18. The SMILES string of the molecule is CNC(=O)c1ccccc1Sc1ccc2cncn2c1. The first-order valence-corrected chi connectivity index (χ1v) is 7.00. The zero-order valence-corrected chi connectivity index (χ0v) is 11.7. The molecule has 0 atom stereocenters. The Hall–Kier alpha value is -2.27. The van der Waals surface area contributed by atoms with Crippen molar-refractivity contribution in [1.82, 2.24) is 14.7 Å². The van der Waals surface area contributed by atoms with Gasteiger partial charge in [0.05, 0.1) is 23.6 Å². The van der Waals surface area contributed by atoms with E-state index in [0.29, 0.717) is 5.56 Å². The van der Waals surface area contributed by atoms with E-state index < -0.39 is 0 Å². The van der Waals surface area contributed by atoms with Crippen LogP contribution in [0.5, 0.6) is 0 Å². The van der Waals surface area contributed by atoms with Gasteiger partial charge < -0.3 is 9.72 Å². The summed E-state index contributed by atoms with van der Waals surface area (Å²) in [6.07, 6.45) is 5.59. The minimum atomic E-state index is -0.0724. The Morgan fingerprint density at radius 2 is 2.10 bits per heavy atom. The summed E-state index contributed by atoms with van der Waals surface area (Å²) < 4.78 is 1.96. The maximum atomic E-state index is 11.9. The lowest BCUT2D eigenvalue weighted by Gasteiger charge is -2.08. The van der Waals surface area contributed by atoms with Gasteiger partial charge in [0, 0.05) is 23.0 Å². The Morgan fingerprint density at radius 3 is 2.95 bits per heavy atom. The van der Waals surface area contributed by atoms with E-state index in [1.54, 1.807) is 25.1 Å². The van der Waals surface area contributed by atoms with Gasteiger partial charge in [-0.2, -0.15) is 0 Å². The van der Waals surface area contributed by atoms with Crippen LogP contribution in [0.15, 0.2) is 64.9 Å². The third kappa shape index (κ3) is 2.40. The summed E-state index contributed by atoms with van der Waals surface area (Å²) in [4.78, 5) is 18.0. The van der Waals surface area contributed by atoms with Gasteiger partial charge in [-0.25, -0.2) is 4.98 Å². The van der Waals surface area contributed by atoms with E-state index in [-0.39, 0.29) is 5.91 Å². The zero-order valence-electron chi connectivity index (χ0n) is 10.9. The molecule has 3 rings (SSSR count). The van der Waals surface area contributed by atoms with Crippen LogP contribution in [0, 0.1) is 0 Å². The van der Waals surface area contributed by atoms with Crippen LogP contribution in [-0.4, -0.2) is 22.3 Å². The fourth-order valence-corrected chi connectivity index (χ4v) is 2.94. The Morgan fingerprint density at radius 1 is 1.25 bits per heavy atom. The average Bonchev–Trinajstić information content (AvgIpc) is 2.94. The second kappa shape index (κ2) is 5.38. The lowest BCUT2D eigenvalue weighted by atomic mass is 10.2. The molecular weight excluding hydrogens is 270 g/mol. The van der Waals surface area contributed by atoms with Gasteiger partial charge in [0.1, 0.15) is 0 Å². The third-order valence-corrected chi connectivity index (χ3v) is 4.02. The summed E-state index contributed by atoms with van der Waals surface area (Å²) >= 11 is 1.57. The molecule has 100 valence electrons. The number of carbonyl (C=O) groups excluding carboxylic acids is 1. The van der Waals surface area contributed by atoms with Gasteiger partial charge in [-0.05, 0) is 24.3 Å². The molecule has 1 N–H and O–H groups in total. The van der Waals surface area contributed by atoms with Crippen molar-refractivity contribution < 1.29 is 4.79 Å². The molecule has 0 aliphatic heterocycles. The van der Waals surface area contributed by atoms with Gasteiger partial charge >= 0.3 is 0 Å². The molecular formula is C15H13N3OS. The summed E-state index contributed by atoms with van der Waals surface area (Å²) in [5.74, 6) is -0.0724. The molecule has 0 radical (unpaired) electrons. The van der Waals surface area contributed by atoms with Crippen molar-refractivity contribution in [3.8, 4) is 0 Å². The number of fused-ring (bicyclic) bond motifs is 1. The van der Waals surface area contributed by atoms with Crippen LogP contribution in [0.2, 0.25) is 0 Å². The molecule has 5 heteroatoms. The highest BCUT2D eigenvalue weighted by atomic mass is 32.2. The van der Waals surface area contributed by atoms with E-state index in [9.17, 15) is 4.79 Å². The Balaban J connectivity index is 1.96. The van der Waals surface area contributed by atoms with Gasteiger partial charge in [-0.15, -0.1) is 0 Å². The molecule has 0 unspecified atom stereocenters. The van der Waals surface area contributed by atoms with Gasteiger partial charge in [-0.1, -0.05) is 23.9 Å². The molecule has 1 aromatic carbocycles. The first kappa shape index (κ1) is 12.7. The highest BCUT2D eigenvalue weighted by Gasteiger charge is 2.10. The fraction of sp³-hybridized carbons (Fsp3) is 0.0667. The highest BCUT2D eigenvalue weighted by Crippen LogP contribution is 2.30. The van der Waals surface area contributed by atoms with Crippen LogP contribution in [-0.2, 0) is 0 Å². The molecule has 0 aliphatic rings. The van der Waals surface area contributed by atoms with Gasteiger partial charge in [-0.3, -0.25) is 4.79 Å². The average molecular weight is 283 g/mol. The highest BCUT2D eigenvalue weighted by molar-refractivity contribution is 7.99. The van der Waals surface area contributed by atoms with Crippen molar-refractivity contribution in [1.29, 1.82) is 0 Å². The van der Waals surface area contributed by atoms with Crippen LogP contribution in [0.1, 0.15) is 10.4 Å². The third-order valence-electron chi connectivity index (χ3n) is 2.97. The molecule has 4 nitrogen and oxygen atoms in total. The van der Waals surface area contributed by atoms with E-state index >= 15 is 0 Å². The van der Waals surface area contributed by atoms with Gasteiger partial charge in [0.15, 0.2) is 0 Å². The number of aromatic nitrogens is 2. The minimum absolute atomic E-state index is 0.0724. The smallest absolute Gasteiger partial charge is 0.252 e. The lowest BCUT2D eigenvalue weighted by molar-refractivity contribution is 0.0960. The molecule has 0 bridgehead atoms. The number of nitrogens with one attached hydrogen (secondary N) is 1. The van der Waals surface area contributed by atoms with Gasteiger partial charge in [0.25, 0.3) is 5.91 Å². The van der Waals surface area contributed by atoms with Crippen molar-refractivity contribution >= 4 is 23.2 Å². The standard InChI is InChI=1S/C15H13N3OS/c1-16-15(19)13-4-2-3-5-14(13)20-12-7-6-11-8-17-10-18(11)9-12/h2-10H,1H3,(H,16,19). The molecule has 2 aromatic heterocycles. The molecule has 20 heavy (non-hydrogen) atoms. The minimum Gasteiger partial charge on any atom is -0.355 e. The Bertz CT molecular complexity index is 766. The summed E-state index contributed by atoms with van der Waals surface area (Å²) in [6, 6.07) is 11.6. The van der Waals surface area contributed by atoms with Crippen molar-refractivity contribution in [2.24, 2.45) is 0 Å². The van der Waals surface area contributed by atoms with E-state index in [1.165, 1.54) is 0 Å². The number of benzene rings is 1. The number of carbonyl (C=O) groups is 1. The normalized spacial score (nSPS) is 10.7. The van der Waals surface area contributed by atoms with Gasteiger partial charge in [0.2, 0.25) is 0 Å². The number of hydrogen-bond acceptors (Lipinski definition) is 3. The molecule has 0 aliphatic carbocycles. The molecule has 2 heterocycles. The predicted octanol–water partition coefficient (Wildman–Crippen LogP) is 2.85. The van der Waals surface area contributed by atoms with Crippen LogP contribution in [0.3, 0.4) is 0 Å². The second-order valence-electron chi connectivity index (χ2n) is 4.27. The molecule has 0 spiro atoms. The second-order valence-corrected chi connectivity index (χ2v) is 5.38. The van der Waals surface area contributed by atoms with Crippen LogP contribution in [0.4, 0.5) is 0 Å². The van der Waals surface area contributed by atoms with Crippen LogP contribution in [0.25, 0.3) is 5.52 Å². The molecule has 0 saturated heterocycles. The maximum Gasteiger partial charge on any atom is 0.252 e. The topological polar surface area (TPSA) is 46.4 Å². The summed E-state index contributed by atoms with van der Waals surface area (Å²) in [7, 11) is 1.64. The largest absolute Gasteiger partial charge is 0.355 e. The maximum absolute atomic E-state index is 11.9. The number of imidazole rings is 1. The molecule has 0 fully saturated rings. The predicted molar refractivity (Wildman–Crippen MR) is 79.1 cm³/mol. The first-order chi connectivity index (χ1) is 9.78. The fourth-order valence-electron chi connectivity index (χ4n) is 1.96. The van der Waals surface area contributed by atoms with E-state index in [1.807, 2.05) is 53.2 Å².